The van der Waals surface area contributed by atoms with Crippen LogP contribution in [0.5, 0.6) is 0 Å². The van der Waals surface area contributed by atoms with Gasteiger partial charge in [-0.15, -0.1) is 0 Å². The second kappa shape index (κ2) is 8.12. The molecule has 0 bridgehead atoms. The Morgan fingerprint density at radius 3 is 2.15 bits per heavy atom. The van der Waals surface area contributed by atoms with Gasteiger partial charge in [0.05, 0.1) is 0 Å². The van der Waals surface area contributed by atoms with Gasteiger partial charge in [-0.1, -0.05) is 0 Å². The fourth-order valence-corrected chi connectivity index (χ4v) is 5.74. The minimum atomic E-state index is -2.45. The zero-order chi connectivity index (χ0) is 19.6. The van der Waals surface area contributed by atoms with Gasteiger partial charge >= 0.3 is 166 Å². The molecule has 3 heterocycles. The second-order valence-corrected chi connectivity index (χ2v) is 22.1. The van der Waals surface area contributed by atoms with E-state index in [2.05, 4.69) is 43.1 Å². The minimum absolute atomic E-state index is 0.908. The molecular weight excluding hydrogens is 443 g/mol. The van der Waals surface area contributed by atoms with E-state index in [9.17, 15) is 0 Å². The first-order valence-electron chi connectivity index (χ1n) is 9.77. The summed E-state index contributed by atoms with van der Waals surface area (Å²) in [5.74, 6) is 1.92. The van der Waals surface area contributed by atoms with Crippen LogP contribution in [-0.4, -0.2) is 56.0 Å². The van der Waals surface area contributed by atoms with Crippen LogP contribution < -0.4 is 8.74 Å². The SMILES string of the molecule is CCCN(CCC)c1n[c]([Sn]([CH3])([CH3])[CH3])nc2c1nc(-c1ccncc1)n2C. The molecule has 0 radical (unpaired) electrons. The summed E-state index contributed by atoms with van der Waals surface area (Å²) >= 11 is -2.45. The third kappa shape index (κ3) is 4.10. The van der Waals surface area contributed by atoms with E-state index in [4.69, 9.17) is 15.0 Å². The predicted molar refractivity (Wildman–Crippen MR) is 115 cm³/mol. The average molecular weight is 473 g/mol. The van der Waals surface area contributed by atoms with Crippen LogP contribution in [0.2, 0.25) is 14.8 Å². The Labute approximate surface area is 165 Å². The van der Waals surface area contributed by atoms with E-state index < -0.39 is 18.4 Å². The fourth-order valence-electron chi connectivity index (χ4n) is 3.23. The molecule has 0 atom stereocenters. The first-order chi connectivity index (χ1) is 12.9. The molecule has 0 fully saturated rings. The van der Waals surface area contributed by atoms with E-state index in [1.54, 1.807) is 12.4 Å². The van der Waals surface area contributed by atoms with E-state index >= 15 is 0 Å². The van der Waals surface area contributed by atoms with Crippen LogP contribution in [0.3, 0.4) is 0 Å². The van der Waals surface area contributed by atoms with Crippen LogP contribution in [0.1, 0.15) is 26.7 Å². The first kappa shape index (κ1) is 20.0. The molecule has 0 N–H and O–H groups in total. The second-order valence-electron chi connectivity index (χ2n) is 8.01. The molecule has 3 rings (SSSR count). The normalized spacial score (nSPS) is 11.9. The summed E-state index contributed by atoms with van der Waals surface area (Å²) < 4.78 is 3.17. The van der Waals surface area contributed by atoms with Gasteiger partial charge in [-0.2, -0.15) is 0 Å². The summed E-state index contributed by atoms with van der Waals surface area (Å²) in [4.78, 5) is 28.7. The molecule has 0 aromatic carbocycles. The van der Waals surface area contributed by atoms with Crippen molar-refractivity contribution < 1.29 is 0 Å². The standard InChI is InChI=1S/C17H21N6.3CH3.Sn/c1-4-10-23(11-5-2)17-14-16(19-12-20-17)22(3)15(21-14)13-6-8-18-9-7-13;;;;/h6-9H,4-5,10-11H2,1-3H3;3*1H3;. The Bertz CT molecular complexity index is 908. The Balaban J connectivity index is 2.28. The molecule has 3 aromatic heterocycles. The Hall–Kier alpha value is -1.70. The van der Waals surface area contributed by atoms with Gasteiger partial charge in [0, 0.05) is 0 Å². The number of anilines is 1. The van der Waals surface area contributed by atoms with Gasteiger partial charge in [0.2, 0.25) is 0 Å². The Kier molecular flexibility index (Phi) is 6.03. The zero-order valence-electron chi connectivity index (χ0n) is 17.3. The molecule has 0 unspecified atom stereocenters. The Morgan fingerprint density at radius 1 is 0.963 bits per heavy atom. The molecule has 27 heavy (non-hydrogen) atoms. The van der Waals surface area contributed by atoms with Crippen LogP contribution in [0.4, 0.5) is 5.82 Å². The molecule has 3 aromatic rings. The monoisotopic (exact) mass is 474 g/mol. The van der Waals surface area contributed by atoms with Gasteiger partial charge in [0.15, 0.2) is 0 Å². The molecule has 0 saturated heterocycles. The number of rotatable bonds is 7. The summed E-state index contributed by atoms with van der Waals surface area (Å²) in [6, 6.07) is 3.99. The van der Waals surface area contributed by atoms with Crippen LogP contribution >= 0.6 is 0 Å². The third-order valence-electron chi connectivity index (χ3n) is 4.60. The van der Waals surface area contributed by atoms with Crippen LogP contribution in [-0.2, 0) is 7.05 Å². The van der Waals surface area contributed by atoms with Crippen molar-refractivity contribution in [3.05, 3.63) is 24.5 Å². The van der Waals surface area contributed by atoms with E-state index in [0.29, 0.717) is 0 Å². The van der Waals surface area contributed by atoms with E-state index in [-0.39, 0.29) is 0 Å². The topological polar surface area (TPSA) is 59.7 Å². The van der Waals surface area contributed by atoms with Crippen molar-refractivity contribution in [3.8, 4) is 11.4 Å². The van der Waals surface area contributed by atoms with E-state index in [1.807, 2.05) is 19.2 Å². The molecule has 0 aliphatic rings. The van der Waals surface area contributed by atoms with Crippen molar-refractivity contribution in [2.45, 2.75) is 41.5 Å². The van der Waals surface area contributed by atoms with Crippen LogP contribution in [0.15, 0.2) is 24.5 Å². The van der Waals surface area contributed by atoms with Gasteiger partial charge in [0.1, 0.15) is 0 Å². The number of hydrogen-bond donors (Lipinski definition) is 0. The summed E-state index contributed by atoms with van der Waals surface area (Å²) in [6.45, 7) is 6.40. The Morgan fingerprint density at radius 2 is 1.59 bits per heavy atom. The van der Waals surface area contributed by atoms with Crippen molar-refractivity contribution in [3.63, 3.8) is 0 Å². The molecule has 0 aliphatic carbocycles. The predicted octanol–water partition coefficient (Wildman–Crippen LogP) is 3.60. The number of aromatic nitrogens is 5. The number of imidazole rings is 1. The molecule has 0 spiro atoms. The molecule has 0 amide bonds. The maximum atomic E-state index is 5.08. The van der Waals surface area contributed by atoms with Crippen molar-refractivity contribution in [2.24, 2.45) is 7.05 Å². The quantitative estimate of drug-likeness (QED) is 0.491. The molecule has 6 nitrogen and oxygen atoms in total. The van der Waals surface area contributed by atoms with Gasteiger partial charge in [-0.3, -0.25) is 0 Å². The van der Waals surface area contributed by atoms with Crippen LogP contribution in [0, 0.1) is 0 Å². The molecule has 7 heteroatoms. The van der Waals surface area contributed by atoms with E-state index in [1.165, 1.54) is 0 Å². The van der Waals surface area contributed by atoms with Gasteiger partial charge in [-0.25, -0.2) is 0 Å². The summed E-state index contributed by atoms with van der Waals surface area (Å²) in [6.07, 6.45) is 5.78. The molecule has 0 aliphatic heterocycles. The first-order valence-corrected chi connectivity index (χ1v) is 19.8. The van der Waals surface area contributed by atoms with Crippen molar-refractivity contribution in [1.29, 1.82) is 0 Å². The maximum absolute atomic E-state index is 5.08. The summed E-state index contributed by atoms with van der Waals surface area (Å²) in [7, 11) is 2.05. The summed E-state index contributed by atoms with van der Waals surface area (Å²) in [5, 5.41) is 0. The molecular formula is C20H30N6Sn. The number of pyridine rings is 1. The van der Waals surface area contributed by atoms with Gasteiger partial charge < -0.3 is 0 Å². The number of hydrogen-bond acceptors (Lipinski definition) is 5. The summed E-state index contributed by atoms with van der Waals surface area (Å²) in [5.41, 5.74) is 2.89. The van der Waals surface area contributed by atoms with E-state index in [0.717, 1.165) is 58.1 Å². The van der Waals surface area contributed by atoms with Gasteiger partial charge in [-0.05, 0) is 0 Å². The van der Waals surface area contributed by atoms with Crippen molar-refractivity contribution in [1.82, 2.24) is 24.5 Å². The van der Waals surface area contributed by atoms with Crippen LogP contribution in [0.25, 0.3) is 22.6 Å². The number of nitrogens with zero attached hydrogens (tertiary/aromatic N) is 6. The number of fused-ring (bicyclic) bond motifs is 1. The van der Waals surface area contributed by atoms with Crippen molar-refractivity contribution in [2.75, 3.05) is 18.0 Å². The molecule has 144 valence electrons. The average Bonchev–Trinajstić information content (AvgIpc) is 2.98. The zero-order valence-corrected chi connectivity index (χ0v) is 20.2. The molecule has 0 saturated carbocycles. The fraction of sp³-hybridized carbons (Fsp3) is 0.500. The van der Waals surface area contributed by atoms with Crippen molar-refractivity contribution >= 4 is 39.2 Å². The van der Waals surface area contributed by atoms with Gasteiger partial charge in [0.25, 0.3) is 0 Å². The number of aryl methyl sites for hydroxylation is 1. The third-order valence-corrected chi connectivity index (χ3v) is 9.06.